The molecule has 0 unspecified atom stereocenters. The second-order valence-electron chi connectivity index (χ2n) is 7.87. The van der Waals surface area contributed by atoms with E-state index in [-0.39, 0.29) is 5.54 Å². The van der Waals surface area contributed by atoms with Crippen molar-refractivity contribution in [3.63, 3.8) is 0 Å². The number of nitriles is 2. The Balaban J connectivity index is 1.52. The van der Waals surface area contributed by atoms with Crippen LogP contribution in [0.15, 0.2) is 43.2 Å². The minimum Gasteiger partial charge on any atom is -0.297 e. The fraction of sp³-hybridized carbons (Fsp3) is 0.333. The van der Waals surface area contributed by atoms with Crippen molar-refractivity contribution in [2.45, 2.75) is 18.4 Å². The molecule has 1 aliphatic heterocycles. The van der Waals surface area contributed by atoms with Crippen LogP contribution in [0.5, 0.6) is 0 Å². The van der Waals surface area contributed by atoms with E-state index in [0.29, 0.717) is 32.5 Å². The topological polar surface area (TPSA) is 117 Å². The highest BCUT2D eigenvalue weighted by Gasteiger charge is 2.45. The first-order chi connectivity index (χ1) is 15.1. The zero-order chi connectivity index (χ0) is 21.4. The van der Waals surface area contributed by atoms with Crippen LogP contribution in [-0.4, -0.2) is 58.5 Å². The van der Waals surface area contributed by atoms with Gasteiger partial charge in [0.1, 0.15) is 17.0 Å². The molecule has 0 N–H and O–H groups in total. The number of aromatic nitrogens is 7. The first kappa shape index (κ1) is 19.0. The van der Waals surface area contributed by atoms with Gasteiger partial charge in [-0.3, -0.25) is 18.7 Å². The molecule has 0 spiro atoms. The number of likely N-dealkylation sites (tertiary alicyclic amines) is 1. The Bertz CT molecular complexity index is 1320. The van der Waals surface area contributed by atoms with Crippen LogP contribution in [-0.2, 0) is 12.6 Å². The Morgan fingerprint density at radius 3 is 2.68 bits per heavy atom. The fourth-order valence-electron chi connectivity index (χ4n) is 4.16. The molecule has 0 aromatic carbocycles. The highest BCUT2D eigenvalue weighted by atomic mass is 15.4. The van der Waals surface area contributed by atoms with Gasteiger partial charge in [0.2, 0.25) is 0 Å². The summed E-state index contributed by atoms with van der Waals surface area (Å²) in [5.41, 5.74) is 2.95. The second kappa shape index (κ2) is 7.35. The molecule has 0 amide bonds. The van der Waals surface area contributed by atoms with Crippen molar-refractivity contribution in [3.05, 3.63) is 43.2 Å². The zero-order valence-electron chi connectivity index (χ0n) is 17.0. The Morgan fingerprint density at radius 2 is 1.94 bits per heavy atom. The van der Waals surface area contributed by atoms with Gasteiger partial charge in [0, 0.05) is 69.5 Å². The zero-order valence-corrected chi connectivity index (χ0v) is 17.0. The lowest BCUT2D eigenvalue weighted by Crippen LogP contribution is -2.62. The summed E-state index contributed by atoms with van der Waals surface area (Å²) in [4.78, 5) is 11.5. The lowest BCUT2D eigenvalue weighted by molar-refractivity contribution is 0.00702. The highest BCUT2D eigenvalue weighted by molar-refractivity contribution is 5.68. The lowest BCUT2D eigenvalue weighted by Gasteiger charge is -2.49. The third kappa shape index (κ3) is 3.23. The fourth-order valence-corrected chi connectivity index (χ4v) is 4.16. The summed E-state index contributed by atoms with van der Waals surface area (Å²) in [6.07, 6.45) is 11.9. The van der Waals surface area contributed by atoms with Crippen molar-refractivity contribution in [1.82, 2.24) is 38.8 Å². The molecule has 0 bridgehead atoms. The van der Waals surface area contributed by atoms with E-state index in [9.17, 15) is 5.26 Å². The highest BCUT2D eigenvalue weighted by Crippen LogP contribution is 2.33. The Morgan fingerprint density at radius 1 is 1.10 bits per heavy atom. The van der Waals surface area contributed by atoms with E-state index in [0.717, 1.165) is 28.3 Å². The number of aryl methyl sites for hydroxylation is 1. The molecule has 1 saturated heterocycles. The van der Waals surface area contributed by atoms with Crippen LogP contribution < -0.4 is 0 Å². The molecule has 0 aliphatic carbocycles. The maximum Gasteiger partial charge on any atom is 0.149 e. The van der Waals surface area contributed by atoms with Crippen LogP contribution in [0.25, 0.3) is 28.3 Å². The van der Waals surface area contributed by atoms with Gasteiger partial charge in [-0.1, -0.05) is 0 Å². The molecule has 1 fully saturated rings. The van der Waals surface area contributed by atoms with Crippen molar-refractivity contribution < 1.29 is 0 Å². The maximum atomic E-state index is 9.40. The van der Waals surface area contributed by atoms with Gasteiger partial charge < -0.3 is 0 Å². The Hall–Kier alpha value is -4.02. The standard InChI is InChI=1S/C21H20N10/c1-28-12-16(10-25-28)18-9-19-24-6-8-30(19)20(27-18)17-11-26-31(13-17)21(3-5-23)14-29(15-21)7-2-4-22/h6,8-13H,2-3,7,14-15H2,1H3. The van der Waals surface area contributed by atoms with Gasteiger partial charge in [-0.05, 0) is 0 Å². The average molecular weight is 412 g/mol. The monoisotopic (exact) mass is 412 g/mol. The second-order valence-corrected chi connectivity index (χ2v) is 7.87. The van der Waals surface area contributed by atoms with Gasteiger partial charge in [0.15, 0.2) is 0 Å². The lowest BCUT2D eigenvalue weighted by atomic mass is 9.86. The quantitative estimate of drug-likeness (QED) is 0.474. The average Bonchev–Trinajstić information content (AvgIpc) is 3.49. The van der Waals surface area contributed by atoms with Crippen molar-refractivity contribution in [1.29, 1.82) is 10.5 Å². The summed E-state index contributed by atoms with van der Waals surface area (Å²) in [5, 5.41) is 27.1. The number of hydrogen-bond donors (Lipinski definition) is 0. The molecule has 0 atom stereocenters. The van der Waals surface area contributed by atoms with E-state index in [1.807, 2.05) is 40.8 Å². The number of nitrogens with zero attached hydrogens (tertiary/aromatic N) is 10. The molecule has 0 radical (unpaired) electrons. The summed E-state index contributed by atoms with van der Waals surface area (Å²) >= 11 is 0. The summed E-state index contributed by atoms with van der Waals surface area (Å²) in [6, 6.07) is 6.41. The smallest absolute Gasteiger partial charge is 0.149 e. The van der Waals surface area contributed by atoms with E-state index < -0.39 is 0 Å². The number of imidazole rings is 1. The predicted octanol–water partition coefficient (Wildman–Crippen LogP) is 1.83. The minimum absolute atomic E-state index is 0.362. The van der Waals surface area contributed by atoms with Crippen LogP contribution in [0.4, 0.5) is 0 Å². The third-order valence-electron chi connectivity index (χ3n) is 5.70. The molecule has 0 saturated carbocycles. The molecule has 4 aromatic rings. The maximum absolute atomic E-state index is 9.40. The van der Waals surface area contributed by atoms with Crippen molar-refractivity contribution in [2.75, 3.05) is 19.6 Å². The Labute approximate surface area is 178 Å². The first-order valence-corrected chi connectivity index (χ1v) is 9.97. The van der Waals surface area contributed by atoms with Gasteiger partial charge >= 0.3 is 0 Å². The van der Waals surface area contributed by atoms with Crippen LogP contribution in [0.1, 0.15) is 12.8 Å². The predicted molar refractivity (Wildman–Crippen MR) is 111 cm³/mol. The first-order valence-electron chi connectivity index (χ1n) is 9.97. The van der Waals surface area contributed by atoms with E-state index in [1.165, 1.54) is 0 Å². The van der Waals surface area contributed by atoms with E-state index in [1.54, 1.807) is 23.3 Å². The summed E-state index contributed by atoms with van der Waals surface area (Å²) < 4.78 is 5.55. The van der Waals surface area contributed by atoms with Crippen LogP contribution >= 0.6 is 0 Å². The third-order valence-corrected chi connectivity index (χ3v) is 5.70. The SMILES string of the molecule is Cn1cc(-c2cc3nccn3c(-c3cnn(C4(CC#N)CN(CCC#N)C4)c3)n2)cn1. The molecule has 10 heteroatoms. The van der Waals surface area contributed by atoms with E-state index in [2.05, 4.69) is 32.2 Å². The van der Waals surface area contributed by atoms with Gasteiger partial charge in [-0.15, -0.1) is 0 Å². The molecule has 4 aromatic heterocycles. The van der Waals surface area contributed by atoms with Crippen LogP contribution in [0.2, 0.25) is 0 Å². The summed E-state index contributed by atoms with van der Waals surface area (Å²) in [7, 11) is 1.87. The van der Waals surface area contributed by atoms with Crippen molar-refractivity contribution in [2.24, 2.45) is 7.05 Å². The van der Waals surface area contributed by atoms with Crippen LogP contribution in [0, 0.1) is 22.7 Å². The molecular formula is C21H20N10. The van der Waals surface area contributed by atoms with Crippen molar-refractivity contribution >= 4 is 5.65 Å². The van der Waals surface area contributed by atoms with Crippen LogP contribution in [0.3, 0.4) is 0 Å². The largest absolute Gasteiger partial charge is 0.297 e. The van der Waals surface area contributed by atoms with Gasteiger partial charge in [0.05, 0.1) is 42.2 Å². The molecule has 1 aliphatic rings. The summed E-state index contributed by atoms with van der Waals surface area (Å²) in [6.45, 7) is 2.11. The number of rotatable bonds is 6. The Kier molecular flexibility index (Phi) is 4.50. The van der Waals surface area contributed by atoms with E-state index in [4.69, 9.17) is 10.2 Å². The number of hydrogen-bond acceptors (Lipinski definition) is 7. The molecule has 10 nitrogen and oxygen atoms in total. The van der Waals surface area contributed by atoms with Gasteiger partial charge in [-0.2, -0.15) is 20.7 Å². The summed E-state index contributed by atoms with van der Waals surface area (Å²) in [5.74, 6) is 0.730. The molecule has 31 heavy (non-hydrogen) atoms. The molecule has 5 rings (SSSR count). The van der Waals surface area contributed by atoms with Crippen molar-refractivity contribution in [3.8, 4) is 34.8 Å². The molecular weight excluding hydrogens is 392 g/mol. The minimum atomic E-state index is -0.378. The van der Waals surface area contributed by atoms with Gasteiger partial charge in [-0.25, -0.2) is 9.97 Å². The van der Waals surface area contributed by atoms with Gasteiger partial charge in [0.25, 0.3) is 0 Å². The molecule has 5 heterocycles. The molecule has 154 valence electrons. The number of fused-ring (bicyclic) bond motifs is 1. The van der Waals surface area contributed by atoms with E-state index >= 15 is 0 Å². The normalized spacial score (nSPS) is 15.5.